The van der Waals surface area contributed by atoms with Crippen molar-refractivity contribution in [1.29, 1.82) is 0 Å². The highest BCUT2D eigenvalue weighted by Crippen LogP contribution is 2.40. The molecule has 0 saturated heterocycles. The topological polar surface area (TPSA) is 58.2 Å². The van der Waals surface area contributed by atoms with Crippen LogP contribution in [0, 0.1) is 5.92 Å². The third-order valence-corrected chi connectivity index (χ3v) is 6.79. The molecule has 1 heterocycles. The molecule has 2 aromatic carbocycles. The maximum absolute atomic E-state index is 13.3. The van der Waals surface area contributed by atoms with Crippen LogP contribution in [0.25, 0.3) is 0 Å². The van der Waals surface area contributed by atoms with Gasteiger partial charge in [0.15, 0.2) is 0 Å². The zero-order chi connectivity index (χ0) is 21.1. The lowest BCUT2D eigenvalue weighted by molar-refractivity contribution is 0.102. The standard InChI is InChI=1S/C25H26N2O2S/c1-3-17-10-12-19(13-11-17)26-24(29)22-20-14-9-16(2)15-21(20)30-25(22)27-23(28)18-7-5-4-6-8-18/h4-8,10-13,16H,3,9,14-15H2,1-2H3,(H,26,29)(H,27,28)/t16-/m0/s1. The van der Waals surface area contributed by atoms with Gasteiger partial charge in [0, 0.05) is 16.1 Å². The molecule has 3 aromatic rings. The van der Waals surface area contributed by atoms with Gasteiger partial charge in [-0.2, -0.15) is 0 Å². The molecule has 0 saturated carbocycles. The fourth-order valence-corrected chi connectivity index (χ4v) is 5.26. The van der Waals surface area contributed by atoms with Crippen molar-refractivity contribution in [1.82, 2.24) is 0 Å². The molecule has 0 spiro atoms. The first-order valence-electron chi connectivity index (χ1n) is 10.5. The summed E-state index contributed by atoms with van der Waals surface area (Å²) in [6.45, 7) is 4.34. The van der Waals surface area contributed by atoms with Crippen molar-refractivity contribution in [3.8, 4) is 0 Å². The number of carbonyl (C=O) groups is 2. The molecule has 2 N–H and O–H groups in total. The monoisotopic (exact) mass is 418 g/mol. The number of anilines is 2. The summed E-state index contributed by atoms with van der Waals surface area (Å²) in [5, 5.41) is 6.67. The van der Waals surface area contributed by atoms with Crippen LogP contribution in [0.4, 0.5) is 10.7 Å². The molecule has 154 valence electrons. The molecule has 1 atom stereocenters. The van der Waals surface area contributed by atoms with E-state index in [1.165, 1.54) is 10.4 Å². The summed E-state index contributed by atoms with van der Waals surface area (Å²) >= 11 is 1.54. The molecular weight excluding hydrogens is 392 g/mol. The van der Waals surface area contributed by atoms with E-state index in [0.717, 1.165) is 36.9 Å². The smallest absolute Gasteiger partial charge is 0.258 e. The fraction of sp³-hybridized carbons (Fsp3) is 0.280. The lowest BCUT2D eigenvalue weighted by Gasteiger charge is -2.18. The molecule has 5 heteroatoms. The first-order chi connectivity index (χ1) is 14.5. The van der Waals surface area contributed by atoms with Crippen molar-refractivity contribution in [3.05, 3.63) is 81.7 Å². The van der Waals surface area contributed by atoms with Crippen LogP contribution in [0.3, 0.4) is 0 Å². The Hall–Kier alpha value is -2.92. The number of fused-ring (bicyclic) bond motifs is 1. The van der Waals surface area contributed by atoms with Crippen molar-refractivity contribution in [3.63, 3.8) is 0 Å². The van der Waals surface area contributed by atoms with Gasteiger partial charge in [-0.1, -0.05) is 44.2 Å². The first kappa shape index (κ1) is 20.4. The van der Waals surface area contributed by atoms with Crippen molar-refractivity contribution >= 4 is 33.8 Å². The number of nitrogens with one attached hydrogen (secondary N) is 2. The van der Waals surface area contributed by atoms with Crippen molar-refractivity contribution in [2.24, 2.45) is 5.92 Å². The largest absolute Gasteiger partial charge is 0.322 e. The van der Waals surface area contributed by atoms with E-state index in [9.17, 15) is 9.59 Å². The third kappa shape index (κ3) is 4.31. The number of aryl methyl sites for hydroxylation is 1. The number of hydrogen-bond acceptors (Lipinski definition) is 3. The number of amides is 2. The highest BCUT2D eigenvalue weighted by atomic mass is 32.1. The molecule has 0 unspecified atom stereocenters. The second-order valence-corrected chi connectivity index (χ2v) is 8.99. The summed E-state index contributed by atoms with van der Waals surface area (Å²) in [6, 6.07) is 17.0. The highest BCUT2D eigenvalue weighted by Gasteiger charge is 2.28. The molecular formula is C25H26N2O2S. The van der Waals surface area contributed by atoms with E-state index in [0.29, 0.717) is 22.0 Å². The quantitative estimate of drug-likeness (QED) is 0.539. The zero-order valence-electron chi connectivity index (χ0n) is 17.3. The summed E-state index contributed by atoms with van der Waals surface area (Å²) in [6.07, 6.45) is 3.83. The Morgan fingerprint density at radius 1 is 1.00 bits per heavy atom. The minimum absolute atomic E-state index is 0.158. The van der Waals surface area contributed by atoms with E-state index >= 15 is 0 Å². The molecule has 4 nitrogen and oxygen atoms in total. The normalized spacial score (nSPS) is 15.3. The molecule has 0 radical (unpaired) electrons. The minimum Gasteiger partial charge on any atom is -0.322 e. The van der Waals surface area contributed by atoms with Crippen LogP contribution in [-0.4, -0.2) is 11.8 Å². The van der Waals surface area contributed by atoms with E-state index < -0.39 is 0 Å². The van der Waals surface area contributed by atoms with Gasteiger partial charge in [0.25, 0.3) is 11.8 Å². The Morgan fingerprint density at radius 3 is 2.43 bits per heavy atom. The molecule has 0 fully saturated rings. The van der Waals surface area contributed by atoms with Gasteiger partial charge >= 0.3 is 0 Å². The van der Waals surface area contributed by atoms with Gasteiger partial charge in [-0.3, -0.25) is 9.59 Å². The van der Waals surface area contributed by atoms with Gasteiger partial charge in [0.05, 0.1) is 5.56 Å². The molecule has 30 heavy (non-hydrogen) atoms. The number of thiophene rings is 1. The SMILES string of the molecule is CCc1ccc(NC(=O)c2c(NC(=O)c3ccccc3)sc3c2CC[C@H](C)C3)cc1. The number of rotatable bonds is 5. The van der Waals surface area contributed by atoms with E-state index in [4.69, 9.17) is 0 Å². The molecule has 1 aromatic heterocycles. The Bertz CT molecular complexity index is 1050. The Balaban J connectivity index is 1.64. The first-order valence-corrected chi connectivity index (χ1v) is 11.3. The molecule has 4 rings (SSSR count). The van der Waals surface area contributed by atoms with Crippen LogP contribution in [0.5, 0.6) is 0 Å². The average Bonchev–Trinajstić information content (AvgIpc) is 3.11. The summed E-state index contributed by atoms with van der Waals surface area (Å²) in [7, 11) is 0. The van der Waals surface area contributed by atoms with Gasteiger partial charge in [-0.15, -0.1) is 11.3 Å². The highest BCUT2D eigenvalue weighted by molar-refractivity contribution is 7.17. The minimum atomic E-state index is -0.191. The van der Waals surface area contributed by atoms with Crippen LogP contribution < -0.4 is 10.6 Å². The Kier molecular flexibility index (Phi) is 6.00. The van der Waals surface area contributed by atoms with Gasteiger partial charge < -0.3 is 10.6 Å². The molecule has 0 bridgehead atoms. The van der Waals surface area contributed by atoms with Crippen molar-refractivity contribution in [2.75, 3.05) is 10.6 Å². The van der Waals surface area contributed by atoms with Crippen LogP contribution in [-0.2, 0) is 19.3 Å². The van der Waals surface area contributed by atoms with Crippen LogP contribution in [0.2, 0.25) is 0 Å². The maximum atomic E-state index is 13.3. The zero-order valence-corrected chi connectivity index (χ0v) is 18.1. The second-order valence-electron chi connectivity index (χ2n) is 7.88. The fourth-order valence-electron chi connectivity index (χ4n) is 3.86. The van der Waals surface area contributed by atoms with E-state index in [-0.39, 0.29) is 11.8 Å². The van der Waals surface area contributed by atoms with Crippen LogP contribution in [0.1, 0.15) is 57.0 Å². The predicted molar refractivity (Wildman–Crippen MR) is 124 cm³/mol. The van der Waals surface area contributed by atoms with Gasteiger partial charge in [0.1, 0.15) is 5.00 Å². The summed E-state index contributed by atoms with van der Waals surface area (Å²) in [5.74, 6) is 0.240. The van der Waals surface area contributed by atoms with Crippen LogP contribution >= 0.6 is 11.3 Å². The predicted octanol–water partition coefficient (Wildman–Crippen LogP) is 5.94. The van der Waals surface area contributed by atoms with E-state index in [1.54, 1.807) is 23.5 Å². The number of hydrogen-bond donors (Lipinski definition) is 2. The molecule has 0 aliphatic heterocycles. The van der Waals surface area contributed by atoms with E-state index in [1.807, 2.05) is 42.5 Å². The number of benzene rings is 2. The van der Waals surface area contributed by atoms with Crippen LogP contribution in [0.15, 0.2) is 54.6 Å². The second kappa shape index (κ2) is 8.84. The van der Waals surface area contributed by atoms with Gasteiger partial charge in [-0.05, 0) is 67.0 Å². The number of carbonyl (C=O) groups excluding carboxylic acids is 2. The molecule has 1 aliphatic rings. The molecule has 2 amide bonds. The van der Waals surface area contributed by atoms with Crippen molar-refractivity contribution < 1.29 is 9.59 Å². The Morgan fingerprint density at radius 2 is 1.73 bits per heavy atom. The summed E-state index contributed by atoms with van der Waals surface area (Å²) < 4.78 is 0. The third-order valence-electron chi connectivity index (χ3n) is 5.62. The van der Waals surface area contributed by atoms with Gasteiger partial charge in [0.2, 0.25) is 0 Å². The maximum Gasteiger partial charge on any atom is 0.258 e. The lowest BCUT2D eigenvalue weighted by atomic mass is 9.88. The average molecular weight is 419 g/mol. The van der Waals surface area contributed by atoms with Gasteiger partial charge in [-0.25, -0.2) is 0 Å². The van der Waals surface area contributed by atoms with Crippen molar-refractivity contribution in [2.45, 2.75) is 39.5 Å². The van der Waals surface area contributed by atoms with E-state index in [2.05, 4.69) is 24.5 Å². The summed E-state index contributed by atoms with van der Waals surface area (Å²) in [5.41, 5.74) is 4.28. The molecule has 1 aliphatic carbocycles. The lowest BCUT2D eigenvalue weighted by Crippen LogP contribution is -2.19. The Labute approximate surface area is 181 Å². The summed E-state index contributed by atoms with van der Waals surface area (Å²) in [4.78, 5) is 27.2.